The molecule has 33 heavy (non-hydrogen) atoms. The second-order valence-corrected chi connectivity index (χ2v) is 7.43. The van der Waals surface area contributed by atoms with Crippen molar-refractivity contribution in [1.82, 2.24) is 5.43 Å². The van der Waals surface area contributed by atoms with Gasteiger partial charge in [0.05, 0.1) is 17.8 Å². The maximum Gasteiger partial charge on any atom is 0.307 e. The van der Waals surface area contributed by atoms with Crippen molar-refractivity contribution in [1.29, 1.82) is 0 Å². The van der Waals surface area contributed by atoms with Crippen molar-refractivity contribution >= 4 is 34.7 Å². The number of halogens is 2. The van der Waals surface area contributed by atoms with E-state index in [2.05, 4.69) is 10.5 Å². The van der Waals surface area contributed by atoms with Crippen molar-refractivity contribution in [2.45, 2.75) is 13.5 Å². The largest absolute Gasteiger partial charge is 0.490 e. The summed E-state index contributed by atoms with van der Waals surface area (Å²) in [5, 5.41) is 5.13. The van der Waals surface area contributed by atoms with Crippen LogP contribution in [0.25, 0.3) is 11.0 Å². The molecule has 168 valence electrons. The predicted octanol–water partition coefficient (Wildman–Crippen LogP) is 5.97. The van der Waals surface area contributed by atoms with Gasteiger partial charge in [-0.2, -0.15) is 5.10 Å². The molecule has 0 atom stereocenters. The molecule has 0 radical (unpaired) electrons. The zero-order valence-electron chi connectivity index (χ0n) is 17.7. The number of nitrogens with one attached hydrogen (secondary N) is 1. The average Bonchev–Trinajstić information content (AvgIpc) is 3.24. The van der Waals surface area contributed by atoms with Gasteiger partial charge in [0.2, 0.25) is 0 Å². The molecule has 1 amide bonds. The monoisotopic (exact) mass is 466 g/mol. The molecule has 0 saturated heterocycles. The number of nitrogens with zero attached hydrogens (tertiary/aromatic N) is 1. The standard InChI is InChI=1S/C25H20ClFN2O4/c1-2-31-22-12-17(11-20(26)24(22)32-15-16-7-9-19(27)10-8-16)14-28-29-25(30)23-13-18-5-3-4-6-21(18)33-23/h3-14H,2,15H2,1H3,(H,29,30)/b28-14+. The fourth-order valence-corrected chi connectivity index (χ4v) is 3.39. The molecule has 1 aromatic heterocycles. The highest BCUT2D eigenvalue weighted by Crippen LogP contribution is 2.37. The molecule has 1 heterocycles. The number of hydrogen-bond donors (Lipinski definition) is 1. The van der Waals surface area contributed by atoms with Crippen molar-refractivity contribution in [2.75, 3.05) is 6.61 Å². The van der Waals surface area contributed by atoms with Gasteiger partial charge in [-0.15, -0.1) is 0 Å². The Bertz CT molecular complexity index is 1270. The predicted molar refractivity (Wildman–Crippen MR) is 125 cm³/mol. The van der Waals surface area contributed by atoms with Gasteiger partial charge in [0.15, 0.2) is 17.3 Å². The number of ether oxygens (including phenoxy) is 2. The summed E-state index contributed by atoms with van der Waals surface area (Å²) in [5.74, 6) is 0.162. The van der Waals surface area contributed by atoms with E-state index >= 15 is 0 Å². The van der Waals surface area contributed by atoms with E-state index in [0.717, 1.165) is 10.9 Å². The van der Waals surface area contributed by atoms with Crippen molar-refractivity contribution in [2.24, 2.45) is 5.10 Å². The molecule has 0 bridgehead atoms. The third-order valence-electron chi connectivity index (χ3n) is 4.66. The summed E-state index contributed by atoms with van der Waals surface area (Å²) in [7, 11) is 0. The Hall–Kier alpha value is -3.84. The van der Waals surface area contributed by atoms with Gasteiger partial charge in [0, 0.05) is 5.39 Å². The minimum atomic E-state index is -0.474. The number of benzene rings is 3. The highest BCUT2D eigenvalue weighted by Gasteiger charge is 2.14. The summed E-state index contributed by atoms with van der Waals surface area (Å²) >= 11 is 6.42. The Labute approximate surface area is 194 Å². The first-order valence-corrected chi connectivity index (χ1v) is 10.6. The molecule has 4 rings (SSSR count). The lowest BCUT2D eigenvalue weighted by molar-refractivity contribution is 0.0929. The maximum absolute atomic E-state index is 13.1. The number of amides is 1. The fourth-order valence-electron chi connectivity index (χ4n) is 3.12. The normalized spacial score (nSPS) is 11.1. The number of carbonyl (C=O) groups is 1. The molecule has 0 unspecified atom stereocenters. The molecular weight excluding hydrogens is 447 g/mol. The summed E-state index contributed by atoms with van der Waals surface area (Å²) in [6.45, 7) is 2.43. The van der Waals surface area contributed by atoms with Crippen LogP contribution in [0.4, 0.5) is 4.39 Å². The minimum Gasteiger partial charge on any atom is -0.490 e. The Balaban J connectivity index is 1.46. The van der Waals surface area contributed by atoms with E-state index in [9.17, 15) is 9.18 Å². The van der Waals surface area contributed by atoms with E-state index in [-0.39, 0.29) is 18.2 Å². The highest BCUT2D eigenvalue weighted by atomic mass is 35.5. The van der Waals surface area contributed by atoms with Crippen LogP contribution >= 0.6 is 11.6 Å². The molecule has 1 N–H and O–H groups in total. The third kappa shape index (κ3) is 5.51. The Morgan fingerprint density at radius 2 is 1.91 bits per heavy atom. The van der Waals surface area contributed by atoms with Crippen LogP contribution < -0.4 is 14.9 Å². The first kappa shape index (κ1) is 22.4. The Morgan fingerprint density at radius 1 is 1.12 bits per heavy atom. The van der Waals surface area contributed by atoms with E-state index in [1.54, 1.807) is 36.4 Å². The summed E-state index contributed by atoms with van der Waals surface area (Å²) in [4.78, 5) is 12.3. The molecule has 0 aliphatic heterocycles. The number of hydrazone groups is 1. The van der Waals surface area contributed by atoms with Crippen molar-refractivity contribution in [3.63, 3.8) is 0 Å². The minimum absolute atomic E-state index is 0.158. The van der Waals surface area contributed by atoms with Gasteiger partial charge in [-0.1, -0.05) is 41.9 Å². The summed E-state index contributed by atoms with van der Waals surface area (Å²) in [6.07, 6.45) is 1.44. The van der Waals surface area contributed by atoms with Crippen molar-refractivity contribution in [3.05, 3.63) is 94.5 Å². The SMILES string of the molecule is CCOc1cc(/C=N/NC(=O)c2cc3ccccc3o2)cc(Cl)c1OCc1ccc(F)cc1. The number of rotatable bonds is 8. The van der Waals surface area contributed by atoms with Gasteiger partial charge >= 0.3 is 5.91 Å². The molecule has 0 aliphatic rings. The fraction of sp³-hybridized carbons (Fsp3) is 0.120. The number of para-hydroxylation sites is 1. The van der Waals surface area contributed by atoms with Crippen LogP contribution in [0, 0.1) is 5.82 Å². The average molecular weight is 467 g/mol. The molecule has 0 spiro atoms. The second kappa shape index (κ2) is 10.2. The first-order chi connectivity index (χ1) is 16.0. The quantitative estimate of drug-likeness (QED) is 0.256. The van der Waals surface area contributed by atoms with Crippen molar-refractivity contribution < 1.29 is 23.1 Å². The van der Waals surface area contributed by atoms with E-state index in [4.69, 9.17) is 25.5 Å². The second-order valence-electron chi connectivity index (χ2n) is 7.03. The van der Waals surface area contributed by atoms with Crippen LogP contribution in [-0.4, -0.2) is 18.7 Å². The lowest BCUT2D eigenvalue weighted by Crippen LogP contribution is -2.16. The van der Waals surface area contributed by atoms with Gasteiger partial charge in [-0.05, 0) is 54.4 Å². The zero-order valence-corrected chi connectivity index (χ0v) is 18.4. The van der Waals surface area contributed by atoms with Crippen LogP contribution in [0.5, 0.6) is 11.5 Å². The molecule has 3 aromatic carbocycles. The van der Waals surface area contributed by atoms with Crippen LogP contribution in [0.2, 0.25) is 5.02 Å². The molecule has 0 saturated carbocycles. The molecule has 4 aromatic rings. The van der Waals surface area contributed by atoms with Crippen LogP contribution in [-0.2, 0) is 6.61 Å². The van der Waals surface area contributed by atoms with Crippen LogP contribution in [0.15, 0.2) is 76.2 Å². The molecule has 6 nitrogen and oxygen atoms in total. The molecule has 8 heteroatoms. The van der Waals surface area contributed by atoms with Gasteiger partial charge in [0.1, 0.15) is 18.0 Å². The van der Waals surface area contributed by atoms with E-state index in [1.165, 1.54) is 18.3 Å². The third-order valence-corrected chi connectivity index (χ3v) is 4.94. The van der Waals surface area contributed by atoms with Crippen LogP contribution in [0.1, 0.15) is 28.6 Å². The number of carbonyl (C=O) groups excluding carboxylic acids is 1. The highest BCUT2D eigenvalue weighted by molar-refractivity contribution is 6.32. The van der Waals surface area contributed by atoms with Gasteiger partial charge in [-0.3, -0.25) is 4.79 Å². The zero-order chi connectivity index (χ0) is 23.2. The number of hydrogen-bond acceptors (Lipinski definition) is 5. The van der Waals surface area contributed by atoms with Crippen LogP contribution in [0.3, 0.4) is 0 Å². The number of fused-ring (bicyclic) bond motifs is 1. The van der Waals surface area contributed by atoms with E-state index in [0.29, 0.717) is 34.3 Å². The molecular formula is C25H20ClFN2O4. The lowest BCUT2D eigenvalue weighted by Gasteiger charge is -2.14. The summed E-state index contributed by atoms with van der Waals surface area (Å²) < 4.78 is 30.1. The van der Waals surface area contributed by atoms with E-state index in [1.807, 2.05) is 25.1 Å². The smallest absolute Gasteiger partial charge is 0.307 e. The van der Waals surface area contributed by atoms with Gasteiger partial charge in [0.25, 0.3) is 0 Å². The van der Waals surface area contributed by atoms with Gasteiger partial charge < -0.3 is 13.9 Å². The molecule has 0 fully saturated rings. The Morgan fingerprint density at radius 3 is 2.67 bits per heavy atom. The maximum atomic E-state index is 13.1. The Kier molecular flexibility index (Phi) is 6.90. The molecule has 0 aliphatic carbocycles. The lowest BCUT2D eigenvalue weighted by atomic mass is 10.2. The van der Waals surface area contributed by atoms with Gasteiger partial charge in [-0.25, -0.2) is 9.82 Å². The summed E-state index contributed by atoms with van der Waals surface area (Å²) in [6, 6.07) is 18.3. The van der Waals surface area contributed by atoms with E-state index < -0.39 is 5.91 Å². The van der Waals surface area contributed by atoms with Crippen molar-refractivity contribution in [3.8, 4) is 11.5 Å². The number of furan rings is 1. The first-order valence-electron chi connectivity index (χ1n) is 10.2. The summed E-state index contributed by atoms with van der Waals surface area (Å²) in [5.41, 5.74) is 4.44. The topological polar surface area (TPSA) is 73.1 Å².